The molecule has 1 saturated heterocycles. The largest absolute Gasteiger partial charge is 0.507 e. The Kier molecular flexibility index (Phi) is 5.22. The van der Waals surface area contributed by atoms with Crippen molar-refractivity contribution in [2.24, 2.45) is 0 Å². The van der Waals surface area contributed by atoms with Gasteiger partial charge >= 0.3 is 0 Å². The van der Waals surface area contributed by atoms with Crippen LogP contribution in [0.3, 0.4) is 0 Å². The fourth-order valence-electron chi connectivity index (χ4n) is 3.39. The van der Waals surface area contributed by atoms with Crippen LogP contribution in [0.5, 0.6) is 0 Å². The molecular formula is C22H16BrN3O3. The van der Waals surface area contributed by atoms with Gasteiger partial charge in [-0.25, -0.2) is 0 Å². The molecule has 2 aromatic heterocycles. The van der Waals surface area contributed by atoms with E-state index in [2.05, 4.69) is 25.9 Å². The molecule has 1 fully saturated rings. The minimum atomic E-state index is -0.712. The highest BCUT2D eigenvalue weighted by Gasteiger charge is 2.46. The molecule has 1 atom stereocenters. The van der Waals surface area contributed by atoms with Crippen molar-refractivity contribution in [1.29, 1.82) is 0 Å². The summed E-state index contributed by atoms with van der Waals surface area (Å²) in [6.45, 7) is 0.201. The van der Waals surface area contributed by atoms with Crippen LogP contribution in [0.2, 0.25) is 0 Å². The second-order valence-corrected chi connectivity index (χ2v) is 7.49. The summed E-state index contributed by atoms with van der Waals surface area (Å²) in [7, 11) is 0. The van der Waals surface area contributed by atoms with Crippen LogP contribution in [0.1, 0.15) is 22.7 Å². The molecule has 0 radical (unpaired) electrons. The minimum absolute atomic E-state index is 0.0624. The number of amides is 1. The molecule has 6 nitrogen and oxygen atoms in total. The Hall–Kier alpha value is -3.32. The number of nitrogens with zero attached hydrogens (tertiary/aromatic N) is 3. The number of benzene rings is 1. The number of aromatic nitrogens is 2. The van der Waals surface area contributed by atoms with E-state index >= 15 is 0 Å². The third-order valence-electron chi connectivity index (χ3n) is 4.76. The van der Waals surface area contributed by atoms with Crippen molar-refractivity contribution in [3.8, 4) is 0 Å². The Labute approximate surface area is 175 Å². The molecule has 0 aliphatic carbocycles. The summed E-state index contributed by atoms with van der Waals surface area (Å²) in [5.74, 6) is -1.58. The highest BCUT2D eigenvalue weighted by atomic mass is 79.9. The van der Waals surface area contributed by atoms with Gasteiger partial charge in [-0.15, -0.1) is 0 Å². The summed E-state index contributed by atoms with van der Waals surface area (Å²) in [4.78, 5) is 35.3. The van der Waals surface area contributed by atoms with Crippen LogP contribution in [-0.4, -0.2) is 31.7 Å². The van der Waals surface area contributed by atoms with Gasteiger partial charge in [0.2, 0.25) is 0 Å². The molecule has 144 valence electrons. The first-order valence-corrected chi connectivity index (χ1v) is 9.68. The summed E-state index contributed by atoms with van der Waals surface area (Å²) < 4.78 is 0.875. The van der Waals surface area contributed by atoms with Crippen molar-refractivity contribution in [2.75, 3.05) is 0 Å². The van der Waals surface area contributed by atoms with E-state index in [1.165, 1.54) is 17.3 Å². The first-order valence-electron chi connectivity index (χ1n) is 8.89. The van der Waals surface area contributed by atoms with E-state index in [9.17, 15) is 14.7 Å². The third kappa shape index (κ3) is 3.69. The number of carbonyl (C=O) groups is 2. The van der Waals surface area contributed by atoms with Gasteiger partial charge in [0.25, 0.3) is 11.7 Å². The number of rotatable bonds is 4. The number of hydrogen-bond donors (Lipinski definition) is 1. The molecular weight excluding hydrogens is 434 g/mol. The first kappa shape index (κ1) is 19.0. The lowest BCUT2D eigenvalue weighted by atomic mass is 9.95. The van der Waals surface area contributed by atoms with Crippen molar-refractivity contribution in [3.63, 3.8) is 0 Å². The molecule has 0 spiro atoms. The lowest BCUT2D eigenvalue weighted by molar-refractivity contribution is -0.140. The zero-order valence-corrected chi connectivity index (χ0v) is 16.8. The molecule has 3 heterocycles. The smallest absolute Gasteiger partial charge is 0.295 e. The maximum Gasteiger partial charge on any atom is 0.295 e. The maximum atomic E-state index is 12.9. The highest BCUT2D eigenvalue weighted by Crippen LogP contribution is 2.40. The Balaban J connectivity index is 1.86. The summed E-state index contributed by atoms with van der Waals surface area (Å²) in [6, 6.07) is 13.4. The Morgan fingerprint density at radius 1 is 1.00 bits per heavy atom. The van der Waals surface area contributed by atoms with E-state index in [1.807, 2.05) is 30.3 Å². The van der Waals surface area contributed by atoms with Gasteiger partial charge in [-0.3, -0.25) is 19.6 Å². The average molecular weight is 450 g/mol. The number of aliphatic hydroxyl groups excluding tert-OH is 1. The van der Waals surface area contributed by atoms with Gasteiger partial charge in [0, 0.05) is 41.4 Å². The van der Waals surface area contributed by atoms with Gasteiger partial charge in [-0.05, 0) is 41.5 Å². The number of hydrogen-bond acceptors (Lipinski definition) is 5. The normalized spacial score (nSPS) is 18.2. The molecule has 1 aliphatic rings. The molecule has 7 heteroatoms. The van der Waals surface area contributed by atoms with Crippen LogP contribution in [-0.2, 0) is 16.1 Å². The van der Waals surface area contributed by atoms with E-state index in [4.69, 9.17) is 0 Å². The quantitative estimate of drug-likeness (QED) is 0.371. The van der Waals surface area contributed by atoms with Gasteiger partial charge in [0.1, 0.15) is 5.76 Å². The highest BCUT2D eigenvalue weighted by molar-refractivity contribution is 9.10. The predicted molar refractivity (Wildman–Crippen MR) is 110 cm³/mol. The average Bonchev–Trinajstić information content (AvgIpc) is 3.00. The summed E-state index contributed by atoms with van der Waals surface area (Å²) in [5, 5.41) is 10.9. The summed E-state index contributed by atoms with van der Waals surface area (Å²) >= 11 is 3.40. The summed E-state index contributed by atoms with van der Waals surface area (Å²) in [6.07, 6.45) is 6.35. The molecule has 0 saturated carbocycles. The van der Waals surface area contributed by atoms with Crippen LogP contribution in [0, 0.1) is 0 Å². The molecule has 1 unspecified atom stereocenters. The van der Waals surface area contributed by atoms with Gasteiger partial charge in [0.15, 0.2) is 0 Å². The Morgan fingerprint density at radius 3 is 2.38 bits per heavy atom. The van der Waals surface area contributed by atoms with Gasteiger partial charge in [-0.2, -0.15) is 0 Å². The number of pyridine rings is 2. The van der Waals surface area contributed by atoms with Gasteiger partial charge in [0.05, 0.1) is 11.6 Å². The SMILES string of the molecule is O=C1C(=O)N(Cc2cccnc2)C(c2ccc(Br)cc2)/C1=C(\O)c1ccncc1. The number of halogens is 1. The fourth-order valence-corrected chi connectivity index (χ4v) is 3.65. The van der Waals surface area contributed by atoms with E-state index in [1.54, 1.807) is 30.6 Å². The number of Topliss-reactive ketones (excluding diaryl/α,β-unsaturated/α-hetero) is 1. The summed E-state index contributed by atoms with van der Waals surface area (Å²) in [5.41, 5.74) is 2.02. The fraction of sp³-hybridized carbons (Fsp3) is 0.0909. The predicted octanol–water partition coefficient (Wildman–Crippen LogP) is 3.86. The van der Waals surface area contributed by atoms with Crippen LogP contribution < -0.4 is 0 Å². The van der Waals surface area contributed by atoms with Crippen LogP contribution >= 0.6 is 15.9 Å². The van der Waals surface area contributed by atoms with Crippen molar-refractivity contribution in [3.05, 3.63) is 100 Å². The molecule has 1 N–H and O–H groups in total. The first-order chi connectivity index (χ1) is 14.1. The van der Waals surface area contributed by atoms with E-state index in [0.717, 1.165) is 15.6 Å². The minimum Gasteiger partial charge on any atom is -0.507 e. The monoisotopic (exact) mass is 449 g/mol. The standard InChI is InChI=1S/C22H16BrN3O3/c23-17-5-3-15(4-6-17)19-18(20(27)16-7-10-24-11-8-16)21(28)22(29)26(19)13-14-2-1-9-25-12-14/h1-12,19,27H,13H2/b20-18+. The van der Waals surface area contributed by atoms with Gasteiger partial charge in [-0.1, -0.05) is 34.1 Å². The molecule has 3 aromatic rings. The van der Waals surface area contributed by atoms with Crippen molar-refractivity contribution in [2.45, 2.75) is 12.6 Å². The number of ketones is 1. The van der Waals surface area contributed by atoms with Crippen LogP contribution in [0.15, 0.2) is 83.4 Å². The second-order valence-electron chi connectivity index (χ2n) is 6.58. The molecule has 0 bridgehead atoms. The van der Waals surface area contributed by atoms with Crippen LogP contribution in [0.4, 0.5) is 0 Å². The zero-order valence-electron chi connectivity index (χ0n) is 15.2. The third-order valence-corrected chi connectivity index (χ3v) is 5.28. The molecule has 1 aromatic carbocycles. The number of aliphatic hydroxyl groups is 1. The number of carbonyl (C=O) groups excluding carboxylic acids is 2. The van der Waals surface area contributed by atoms with Crippen molar-refractivity contribution >= 4 is 33.4 Å². The van der Waals surface area contributed by atoms with E-state index in [0.29, 0.717) is 5.56 Å². The maximum absolute atomic E-state index is 12.9. The number of likely N-dealkylation sites (tertiary alicyclic amines) is 1. The Morgan fingerprint density at radius 2 is 1.72 bits per heavy atom. The topological polar surface area (TPSA) is 83.4 Å². The lowest BCUT2D eigenvalue weighted by Crippen LogP contribution is -2.29. The van der Waals surface area contributed by atoms with E-state index < -0.39 is 17.7 Å². The van der Waals surface area contributed by atoms with Crippen LogP contribution in [0.25, 0.3) is 5.76 Å². The van der Waals surface area contributed by atoms with Gasteiger partial charge < -0.3 is 10.0 Å². The molecule has 29 heavy (non-hydrogen) atoms. The molecule has 1 aliphatic heterocycles. The van der Waals surface area contributed by atoms with E-state index in [-0.39, 0.29) is 17.9 Å². The van der Waals surface area contributed by atoms with Crippen molar-refractivity contribution in [1.82, 2.24) is 14.9 Å². The second kappa shape index (κ2) is 7.97. The Bertz CT molecular complexity index is 1080. The molecule has 4 rings (SSSR count). The molecule has 1 amide bonds. The van der Waals surface area contributed by atoms with Crippen molar-refractivity contribution < 1.29 is 14.7 Å². The zero-order chi connectivity index (χ0) is 20.4. The lowest BCUT2D eigenvalue weighted by Gasteiger charge is -2.25.